The number of ether oxygens (including phenoxy) is 1. The first-order valence-corrected chi connectivity index (χ1v) is 7.58. The average molecular weight is 374 g/mol. The summed E-state index contributed by atoms with van der Waals surface area (Å²) in [5.74, 6) is 0.285. The lowest BCUT2D eigenvalue weighted by Crippen LogP contribution is -2.24. The number of hydrazone groups is 1. The molecule has 1 aromatic heterocycles. The Morgan fingerprint density at radius 1 is 1.45 bits per heavy atom. The van der Waals surface area contributed by atoms with E-state index in [0.717, 1.165) is 9.35 Å². The van der Waals surface area contributed by atoms with Gasteiger partial charge in [0.2, 0.25) is 0 Å². The van der Waals surface area contributed by atoms with E-state index in [2.05, 4.69) is 26.5 Å². The fourth-order valence-electron chi connectivity index (χ4n) is 1.30. The third-order valence-corrected chi connectivity index (χ3v) is 3.80. The summed E-state index contributed by atoms with van der Waals surface area (Å²) < 4.78 is 6.89. The molecule has 7 heteroatoms. The van der Waals surface area contributed by atoms with Gasteiger partial charge in [-0.3, -0.25) is 4.79 Å². The summed E-state index contributed by atoms with van der Waals surface area (Å²) in [4.78, 5) is 12.4. The number of carbonyl (C=O) groups is 1. The van der Waals surface area contributed by atoms with Gasteiger partial charge in [0.15, 0.2) is 6.61 Å². The van der Waals surface area contributed by atoms with Crippen LogP contribution in [0.2, 0.25) is 4.34 Å². The molecule has 20 heavy (non-hydrogen) atoms. The maximum atomic E-state index is 11.5. The summed E-state index contributed by atoms with van der Waals surface area (Å²) in [6.45, 7) is -0.0982. The number of hydrogen-bond acceptors (Lipinski definition) is 4. The molecule has 1 heterocycles. The van der Waals surface area contributed by atoms with Crippen molar-refractivity contribution in [3.8, 4) is 5.75 Å². The molecule has 0 unspecified atom stereocenters. The Labute approximate surface area is 133 Å². The third-order valence-electron chi connectivity index (χ3n) is 2.14. The standard InChI is InChI=1S/C13H10BrClN2O2S/c14-9-2-1-3-10(6-9)19-8-13(18)17-16-7-11-4-5-12(15)20-11/h1-7H,8H2,(H,17,18). The highest BCUT2D eigenvalue weighted by molar-refractivity contribution is 9.10. The predicted molar refractivity (Wildman–Crippen MR) is 84.7 cm³/mol. The Morgan fingerprint density at radius 2 is 2.30 bits per heavy atom. The molecule has 0 radical (unpaired) electrons. The Hall–Kier alpha value is -1.37. The first kappa shape index (κ1) is 15.0. The van der Waals surface area contributed by atoms with Crippen LogP contribution >= 0.6 is 38.9 Å². The Kier molecular flexibility index (Phi) is 5.58. The fourth-order valence-corrected chi connectivity index (χ4v) is 2.61. The van der Waals surface area contributed by atoms with Crippen LogP contribution in [0, 0.1) is 0 Å². The highest BCUT2D eigenvalue weighted by Crippen LogP contribution is 2.19. The number of halogens is 2. The normalized spacial score (nSPS) is 10.7. The van der Waals surface area contributed by atoms with Crippen molar-refractivity contribution in [1.82, 2.24) is 5.43 Å². The van der Waals surface area contributed by atoms with E-state index in [4.69, 9.17) is 16.3 Å². The summed E-state index contributed by atoms with van der Waals surface area (Å²) in [7, 11) is 0. The number of hydrogen-bond donors (Lipinski definition) is 1. The minimum absolute atomic E-state index is 0.0982. The van der Waals surface area contributed by atoms with Gasteiger partial charge in [-0.15, -0.1) is 11.3 Å². The van der Waals surface area contributed by atoms with E-state index in [0.29, 0.717) is 10.1 Å². The number of carbonyl (C=O) groups excluding carboxylic acids is 1. The maximum absolute atomic E-state index is 11.5. The largest absolute Gasteiger partial charge is 0.484 e. The first-order chi connectivity index (χ1) is 9.63. The zero-order valence-corrected chi connectivity index (χ0v) is 13.3. The van der Waals surface area contributed by atoms with Gasteiger partial charge in [-0.05, 0) is 30.3 Å². The number of amides is 1. The molecule has 104 valence electrons. The Morgan fingerprint density at radius 3 is 3.00 bits per heavy atom. The minimum atomic E-state index is -0.330. The first-order valence-electron chi connectivity index (χ1n) is 5.59. The summed E-state index contributed by atoms with van der Waals surface area (Å²) in [5.41, 5.74) is 2.38. The molecule has 4 nitrogen and oxygen atoms in total. The van der Waals surface area contributed by atoms with Crippen LogP contribution in [0.15, 0.2) is 46.0 Å². The Bertz CT molecular complexity index is 630. The third kappa shape index (κ3) is 4.96. The van der Waals surface area contributed by atoms with Crippen LogP contribution in [0.5, 0.6) is 5.75 Å². The van der Waals surface area contributed by atoms with Gasteiger partial charge in [0.05, 0.1) is 10.6 Å². The lowest BCUT2D eigenvalue weighted by atomic mass is 10.3. The van der Waals surface area contributed by atoms with Crippen molar-refractivity contribution in [2.24, 2.45) is 5.10 Å². The summed E-state index contributed by atoms with van der Waals surface area (Å²) in [6, 6.07) is 10.9. The molecular formula is C13H10BrClN2O2S. The van der Waals surface area contributed by atoms with E-state index in [1.165, 1.54) is 17.6 Å². The van der Waals surface area contributed by atoms with Crippen molar-refractivity contribution < 1.29 is 9.53 Å². The Balaban J connectivity index is 1.77. The summed E-state index contributed by atoms with van der Waals surface area (Å²) in [6.07, 6.45) is 1.54. The van der Waals surface area contributed by atoms with Crippen LogP contribution in [0.4, 0.5) is 0 Å². The van der Waals surface area contributed by atoms with E-state index in [1.54, 1.807) is 18.2 Å². The van der Waals surface area contributed by atoms with Crippen molar-refractivity contribution in [2.75, 3.05) is 6.61 Å². The summed E-state index contributed by atoms with van der Waals surface area (Å²) >= 11 is 10.5. The van der Waals surface area contributed by atoms with Crippen molar-refractivity contribution in [2.45, 2.75) is 0 Å². The second-order valence-corrected chi connectivity index (χ2v) is 6.34. The van der Waals surface area contributed by atoms with Crippen LogP contribution in [0.25, 0.3) is 0 Å². The van der Waals surface area contributed by atoms with Crippen molar-refractivity contribution in [1.29, 1.82) is 0 Å². The molecule has 0 saturated heterocycles. The second-order valence-electron chi connectivity index (χ2n) is 3.68. The lowest BCUT2D eigenvalue weighted by molar-refractivity contribution is -0.123. The van der Waals surface area contributed by atoms with Gasteiger partial charge in [-0.2, -0.15) is 5.10 Å². The molecule has 1 aromatic carbocycles. The molecule has 0 bridgehead atoms. The molecule has 2 rings (SSSR count). The van der Waals surface area contributed by atoms with Gasteiger partial charge < -0.3 is 4.74 Å². The molecule has 0 aliphatic rings. The number of thiophene rings is 1. The zero-order valence-electron chi connectivity index (χ0n) is 10.2. The molecule has 0 atom stereocenters. The SMILES string of the molecule is O=C(COc1cccc(Br)c1)NN=Cc1ccc(Cl)s1. The van der Waals surface area contributed by atoms with Crippen LogP contribution < -0.4 is 10.2 Å². The van der Waals surface area contributed by atoms with E-state index < -0.39 is 0 Å². The topological polar surface area (TPSA) is 50.7 Å². The predicted octanol–water partition coefficient (Wildman–Crippen LogP) is 3.69. The van der Waals surface area contributed by atoms with Gasteiger partial charge >= 0.3 is 0 Å². The quantitative estimate of drug-likeness (QED) is 0.642. The minimum Gasteiger partial charge on any atom is -0.484 e. The van der Waals surface area contributed by atoms with E-state index in [1.807, 2.05) is 18.2 Å². The van der Waals surface area contributed by atoms with Crippen molar-refractivity contribution in [3.63, 3.8) is 0 Å². The molecular weight excluding hydrogens is 364 g/mol. The molecule has 0 fully saturated rings. The number of nitrogens with zero attached hydrogens (tertiary/aromatic N) is 1. The van der Waals surface area contributed by atoms with Gasteiger partial charge in [-0.1, -0.05) is 33.6 Å². The van der Waals surface area contributed by atoms with Crippen molar-refractivity contribution in [3.05, 3.63) is 50.1 Å². The lowest BCUT2D eigenvalue weighted by Gasteiger charge is -2.04. The van der Waals surface area contributed by atoms with Crippen LogP contribution in [0.1, 0.15) is 4.88 Å². The fraction of sp³-hybridized carbons (Fsp3) is 0.0769. The van der Waals surface area contributed by atoms with Crippen molar-refractivity contribution >= 4 is 51.0 Å². The van der Waals surface area contributed by atoms with Crippen LogP contribution in [-0.2, 0) is 4.79 Å². The molecule has 1 amide bonds. The van der Waals surface area contributed by atoms with Gasteiger partial charge in [0, 0.05) is 9.35 Å². The molecule has 0 aliphatic carbocycles. The second kappa shape index (κ2) is 7.42. The van der Waals surface area contributed by atoms with Gasteiger partial charge in [-0.25, -0.2) is 5.43 Å². The zero-order chi connectivity index (χ0) is 14.4. The molecule has 0 saturated carbocycles. The maximum Gasteiger partial charge on any atom is 0.277 e. The van der Waals surface area contributed by atoms with E-state index in [-0.39, 0.29) is 12.5 Å². The molecule has 2 aromatic rings. The summed E-state index contributed by atoms with van der Waals surface area (Å²) in [5, 5.41) is 3.82. The van der Waals surface area contributed by atoms with E-state index >= 15 is 0 Å². The number of rotatable bonds is 5. The van der Waals surface area contributed by atoms with E-state index in [9.17, 15) is 4.79 Å². The van der Waals surface area contributed by atoms with Crippen LogP contribution in [0.3, 0.4) is 0 Å². The van der Waals surface area contributed by atoms with Crippen LogP contribution in [-0.4, -0.2) is 18.7 Å². The number of benzene rings is 1. The number of nitrogens with one attached hydrogen (secondary N) is 1. The molecule has 0 spiro atoms. The van der Waals surface area contributed by atoms with Gasteiger partial charge in [0.25, 0.3) is 5.91 Å². The smallest absolute Gasteiger partial charge is 0.277 e. The highest BCUT2D eigenvalue weighted by atomic mass is 79.9. The highest BCUT2D eigenvalue weighted by Gasteiger charge is 2.01. The molecule has 0 aliphatic heterocycles. The monoisotopic (exact) mass is 372 g/mol. The average Bonchev–Trinajstić information content (AvgIpc) is 2.82. The molecule has 1 N–H and O–H groups in total. The van der Waals surface area contributed by atoms with Gasteiger partial charge in [0.1, 0.15) is 5.75 Å².